The van der Waals surface area contributed by atoms with Gasteiger partial charge in [0.15, 0.2) is 5.65 Å². The number of rotatable bonds is 4. The van der Waals surface area contributed by atoms with Gasteiger partial charge in [-0.25, -0.2) is 18.3 Å². The summed E-state index contributed by atoms with van der Waals surface area (Å²) in [5.74, 6) is -0.0259. The van der Waals surface area contributed by atoms with Gasteiger partial charge in [-0.1, -0.05) is 23.7 Å². The number of alkyl halides is 2. The molecule has 1 aliphatic carbocycles. The van der Waals surface area contributed by atoms with Crippen LogP contribution in [0.5, 0.6) is 0 Å². The Morgan fingerprint density at radius 3 is 2.62 bits per heavy atom. The number of carbonyl (C=O) groups is 1. The third-order valence-electron chi connectivity index (χ3n) is 5.74. The maximum absolute atomic E-state index is 13.6. The predicted octanol–water partition coefficient (Wildman–Crippen LogP) is 5.18. The molecule has 5 rings (SSSR count). The Labute approximate surface area is 171 Å². The van der Waals surface area contributed by atoms with E-state index >= 15 is 0 Å². The Balaban J connectivity index is 1.54. The Hall–Kier alpha value is -2.54. The van der Waals surface area contributed by atoms with Crippen LogP contribution in [0.1, 0.15) is 71.4 Å². The van der Waals surface area contributed by atoms with Crippen LogP contribution in [0.4, 0.5) is 8.78 Å². The smallest absolute Gasteiger partial charge is 0.280 e. The molecule has 1 aliphatic heterocycles. The van der Waals surface area contributed by atoms with Crippen LogP contribution in [0.15, 0.2) is 36.5 Å². The minimum atomic E-state index is -2.69. The average molecular weight is 417 g/mol. The minimum Gasteiger partial charge on any atom is -0.331 e. The molecule has 1 saturated heterocycles. The second-order valence-electron chi connectivity index (χ2n) is 7.68. The number of hydrogen-bond acceptors (Lipinski definition) is 3. The monoisotopic (exact) mass is 416 g/mol. The van der Waals surface area contributed by atoms with Crippen molar-refractivity contribution in [1.29, 1.82) is 0 Å². The first-order valence-electron chi connectivity index (χ1n) is 9.76. The summed E-state index contributed by atoms with van der Waals surface area (Å²) in [5.41, 5.74) is 1.91. The second-order valence-corrected chi connectivity index (χ2v) is 8.12. The minimum absolute atomic E-state index is 0.0732. The summed E-state index contributed by atoms with van der Waals surface area (Å²) in [6.07, 6.45) is 2.28. The zero-order valence-electron chi connectivity index (χ0n) is 15.6. The Morgan fingerprint density at radius 2 is 1.93 bits per heavy atom. The largest absolute Gasteiger partial charge is 0.331 e. The molecule has 2 aliphatic rings. The van der Waals surface area contributed by atoms with Crippen LogP contribution in [-0.2, 0) is 0 Å². The Kier molecular flexibility index (Phi) is 4.50. The number of aromatic nitrogens is 3. The highest BCUT2D eigenvalue weighted by Crippen LogP contribution is 2.41. The molecule has 2 fully saturated rings. The van der Waals surface area contributed by atoms with Gasteiger partial charge < -0.3 is 4.90 Å². The standard InChI is InChI=1S/C21H19ClF2N4O/c22-14-7-5-13(6-8-14)17-2-1-9-27(17)21(29)15-11-25-28-18(19(23)24)10-16(12-3-4-12)26-20(15)28/h5-8,10-12,17,19H,1-4,9H2. The van der Waals surface area contributed by atoms with Gasteiger partial charge in [0.25, 0.3) is 12.3 Å². The van der Waals surface area contributed by atoms with Crippen LogP contribution in [0, 0.1) is 0 Å². The molecule has 29 heavy (non-hydrogen) atoms. The molecule has 0 spiro atoms. The molecule has 0 radical (unpaired) electrons. The lowest BCUT2D eigenvalue weighted by atomic mass is 10.0. The van der Waals surface area contributed by atoms with E-state index in [9.17, 15) is 13.6 Å². The van der Waals surface area contributed by atoms with Gasteiger partial charge >= 0.3 is 0 Å². The van der Waals surface area contributed by atoms with Crippen molar-refractivity contribution in [1.82, 2.24) is 19.5 Å². The van der Waals surface area contributed by atoms with Crippen LogP contribution in [0.2, 0.25) is 5.02 Å². The number of fused-ring (bicyclic) bond motifs is 1. The van der Waals surface area contributed by atoms with E-state index in [1.54, 1.807) is 4.90 Å². The van der Waals surface area contributed by atoms with Crippen LogP contribution < -0.4 is 0 Å². The molecule has 5 nitrogen and oxygen atoms in total. The molecule has 150 valence electrons. The Bertz CT molecular complexity index is 1080. The van der Waals surface area contributed by atoms with Crippen molar-refractivity contribution in [2.75, 3.05) is 6.54 Å². The van der Waals surface area contributed by atoms with Gasteiger partial charge in [0.2, 0.25) is 0 Å². The number of carbonyl (C=O) groups excluding carboxylic acids is 1. The topological polar surface area (TPSA) is 50.5 Å². The maximum Gasteiger partial charge on any atom is 0.280 e. The fourth-order valence-electron chi connectivity index (χ4n) is 4.10. The zero-order valence-corrected chi connectivity index (χ0v) is 16.3. The molecular weight excluding hydrogens is 398 g/mol. The van der Waals surface area contributed by atoms with E-state index in [1.807, 2.05) is 24.3 Å². The molecule has 1 atom stereocenters. The SMILES string of the molecule is O=C(c1cnn2c(C(F)F)cc(C3CC3)nc12)N1CCCC1c1ccc(Cl)cc1. The van der Waals surface area contributed by atoms with E-state index in [1.165, 1.54) is 12.3 Å². The van der Waals surface area contributed by atoms with Crippen molar-refractivity contribution in [2.45, 2.75) is 44.1 Å². The molecule has 1 unspecified atom stereocenters. The van der Waals surface area contributed by atoms with E-state index in [0.29, 0.717) is 17.3 Å². The molecule has 1 saturated carbocycles. The van der Waals surface area contributed by atoms with Crippen LogP contribution in [0.3, 0.4) is 0 Å². The molecule has 0 bridgehead atoms. The van der Waals surface area contributed by atoms with E-state index in [0.717, 1.165) is 35.8 Å². The first-order chi connectivity index (χ1) is 14.0. The van der Waals surface area contributed by atoms with Gasteiger partial charge in [0, 0.05) is 23.2 Å². The number of amides is 1. The van der Waals surface area contributed by atoms with Gasteiger partial charge in [0.05, 0.1) is 12.2 Å². The van der Waals surface area contributed by atoms with Crippen molar-refractivity contribution in [2.24, 2.45) is 0 Å². The van der Waals surface area contributed by atoms with Gasteiger partial charge in [0.1, 0.15) is 11.3 Å². The van der Waals surface area contributed by atoms with Crippen molar-refractivity contribution in [3.63, 3.8) is 0 Å². The normalized spacial score (nSPS) is 19.4. The third kappa shape index (κ3) is 3.27. The molecule has 1 aromatic carbocycles. The lowest BCUT2D eigenvalue weighted by molar-refractivity contribution is 0.0737. The first-order valence-corrected chi connectivity index (χ1v) is 10.1. The van der Waals surface area contributed by atoms with E-state index in [4.69, 9.17) is 11.6 Å². The summed E-state index contributed by atoms with van der Waals surface area (Å²) in [7, 11) is 0. The summed E-state index contributed by atoms with van der Waals surface area (Å²) in [6.45, 7) is 0.605. The number of likely N-dealkylation sites (tertiary alicyclic amines) is 1. The number of halogens is 3. The summed E-state index contributed by atoms with van der Waals surface area (Å²) >= 11 is 5.99. The van der Waals surface area contributed by atoms with Crippen LogP contribution >= 0.6 is 11.6 Å². The van der Waals surface area contributed by atoms with E-state index in [2.05, 4.69) is 10.1 Å². The van der Waals surface area contributed by atoms with Gasteiger partial charge in [-0.05, 0) is 49.4 Å². The van der Waals surface area contributed by atoms with Crippen molar-refractivity contribution >= 4 is 23.2 Å². The molecule has 3 aromatic rings. The van der Waals surface area contributed by atoms with Crippen LogP contribution in [-0.4, -0.2) is 31.9 Å². The molecule has 3 heterocycles. The number of hydrogen-bond donors (Lipinski definition) is 0. The highest BCUT2D eigenvalue weighted by atomic mass is 35.5. The molecule has 1 amide bonds. The summed E-state index contributed by atoms with van der Waals surface area (Å²) in [6, 6.07) is 8.82. The third-order valence-corrected chi connectivity index (χ3v) is 5.99. The maximum atomic E-state index is 13.6. The summed E-state index contributed by atoms with van der Waals surface area (Å²) in [4.78, 5) is 19.7. The lowest BCUT2D eigenvalue weighted by Crippen LogP contribution is -2.30. The molecular formula is C21H19ClF2N4O. The molecule has 2 aromatic heterocycles. The van der Waals surface area contributed by atoms with Crippen molar-refractivity contribution in [3.8, 4) is 0 Å². The second kappa shape index (κ2) is 7.06. The number of nitrogens with zero attached hydrogens (tertiary/aromatic N) is 4. The average Bonchev–Trinajstić information content (AvgIpc) is 3.29. The van der Waals surface area contributed by atoms with Gasteiger partial charge in [-0.2, -0.15) is 5.10 Å². The number of benzene rings is 1. The summed E-state index contributed by atoms with van der Waals surface area (Å²) < 4.78 is 28.3. The predicted molar refractivity (Wildman–Crippen MR) is 104 cm³/mol. The quantitative estimate of drug-likeness (QED) is 0.589. The fourth-order valence-corrected chi connectivity index (χ4v) is 4.22. The van der Waals surface area contributed by atoms with Gasteiger partial charge in [-0.3, -0.25) is 4.79 Å². The zero-order chi connectivity index (χ0) is 20.1. The van der Waals surface area contributed by atoms with Crippen molar-refractivity contribution in [3.05, 3.63) is 64.1 Å². The first kappa shape index (κ1) is 18.5. The summed E-state index contributed by atoms with van der Waals surface area (Å²) in [5, 5.41) is 4.71. The fraction of sp³-hybridized carbons (Fsp3) is 0.381. The van der Waals surface area contributed by atoms with E-state index in [-0.39, 0.29) is 34.8 Å². The van der Waals surface area contributed by atoms with Crippen molar-refractivity contribution < 1.29 is 13.6 Å². The highest BCUT2D eigenvalue weighted by Gasteiger charge is 2.34. The lowest BCUT2D eigenvalue weighted by Gasteiger charge is -2.24. The highest BCUT2D eigenvalue weighted by molar-refractivity contribution is 6.30. The van der Waals surface area contributed by atoms with Gasteiger partial charge in [-0.15, -0.1) is 0 Å². The molecule has 0 N–H and O–H groups in total. The van der Waals surface area contributed by atoms with E-state index < -0.39 is 6.43 Å². The molecule has 8 heteroatoms. The van der Waals surface area contributed by atoms with Crippen LogP contribution in [0.25, 0.3) is 5.65 Å². The Morgan fingerprint density at radius 1 is 1.17 bits per heavy atom.